The molecule has 3 aromatic carbocycles. The molecule has 1 N–H and O–H groups in total. The number of rotatable bonds is 4. The summed E-state index contributed by atoms with van der Waals surface area (Å²) in [6.07, 6.45) is 0.851. The van der Waals surface area contributed by atoms with Gasteiger partial charge in [-0.2, -0.15) is 0 Å². The Labute approximate surface area is 205 Å². The number of amides is 2. The Morgan fingerprint density at radius 3 is 2.57 bits per heavy atom. The number of anilines is 2. The van der Waals surface area contributed by atoms with Crippen LogP contribution in [0.5, 0.6) is 5.75 Å². The standard InChI is InChI=1S/C28H29N5O2/c1-20-11-13-21(14-12-20)26-30-25-10-4-3-9-24(25)27(31-26)32-15-6-16-33(18-17-32)28(34)29-22-7-5-8-23(19-22)35-2/h3-5,7-14,19H,6,15-18H2,1-2H3,(H,29,34). The second-order valence-electron chi connectivity index (χ2n) is 8.74. The average Bonchev–Trinajstić information content (AvgIpc) is 3.15. The maximum Gasteiger partial charge on any atom is 0.321 e. The van der Waals surface area contributed by atoms with Gasteiger partial charge in [-0.15, -0.1) is 0 Å². The van der Waals surface area contributed by atoms with Gasteiger partial charge >= 0.3 is 6.03 Å². The van der Waals surface area contributed by atoms with Crippen molar-refractivity contribution in [3.63, 3.8) is 0 Å². The van der Waals surface area contributed by atoms with Crippen LogP contribution in [-0.2, 0) is 0 Å². The first-order chi connectivity index (χ1) is 17.1. The minimum absolute atomic E-state index is 0.104. The van der Waals surface area contributed by atoms with Crippen LogP contribution in [0.2, 0.25) is 0 Å². The fourth-order valence-electron chi connectivity index (χ4n) is 4.37. The summed E-state index contributed by atoms with van der Waals surface area (Å²) in [6, 6.07) is 23.7. The molecule has 2 amide bonds. The van der Waals surface area contributed by atoms with Crippen LogP contribution in [0, 0.1) is 6.92 Å². The van der Waals surface area contributed by atoms with Crippen LogP contribution in [0.4, 0.5) is 16.3 Å². The van der Waals surface area contributed by atoms with Crippen molar-refractivity contribution in [1.29, 1.82) is 0 Å². The Balaban J connectivity index is 1.37. The van der Waals surface area contributed by atoms with E-state index in [1.807, 2.05) is 47.4 Å². The molecule has 4 aromatic rings. The SMILES string of the molecule is COc1cccc(NC(=O)N2CCCN(c3nc(-c4ccc(C)cc4)nc4ccccc34)CC2)c1. The molecule has 1 aliphatic heterocycles. The van der Waals surface area contributed by atoms with E-state index in [1.165, 1.54) is 5.56 Å². The van der Waals surface area contributed by atoms with Crippen LogP contribution < -0.4 is 15.0 Å². The van der Waals surface area contributed by atoms with Gasteiger partial charge in [0, 0.05) is 48.9 Å². The number of carbonyl (C=O) groups is 1. The fraction of sp³-hybridized carbons (Fsp3) is 0.250. The van der Waals surface area contributed by atoms with Crippen molar-refractivity contribution in [3.8, 4) is 17.1 Å². The van der Waals surface area contributed by atoms with E-state index in [-0.39, 0.29) is 6.03 Å². The highest BCUT2D eigenvalue weighted by molar-refractivity contribution is 5.92. The quantitative estimate of drug-likeness (QED) is 0.438. The highest BCUT2D eigenvalue weighted by Crippen LogP contribution is 2.28. The molecule has 7 nitrogen and oxygen atoms in total. The maximum atomic E-state index is 13.0. The highest BCUT2D eigenvalue weighted by atomic mass is 16.5. The predicted molar refractivity (Wildman–Crippen MR) is 140 cm³/mol. The third kappa shape index (κ3) is 5.04. The number of para-hydroxylation sites is 1. The van der Waals surface area contributed by atoms with E-state index in [1.54, 1.807) is 7.11 Å². The summed E-state index contributed by atoms with van der Waals surface area (Å²) in [4.78, 5) is 27.0. The summed E-state index contributed by atoms with van der Waals surface area (Å²) >= 11 is 0. The second kappa shape index (κ2) is 10.0. The van der Waals surface area contributed by atoms with Crippen molar-refractivity contribution in [3.05, 3.63) is 78.4 Å². The molecule has 178 valence electrons. The molecule has 7 heteroatoms. The summed E-state index contributed by atoms with van der Waals surface area (Å²) < 4.78 is 5.26. The number of carbonyl (C=O) groups excluding carboxylic acids is 1. The third-order valence-corrected chi connectivity index (χ3v) is 6.30. The van der Waals surface area contributed by atoms with Crippen molar-refractivity contribution in [2.24, 2.45) is 0 Å². The van der Waals surface area contributed by atoms with Crippen molar-refractivity contribution < 1.29 is 9.53 Å². The van der Waals surface area contributed by atoms with Crippen LogP contribution in [-0.4, -0.2) is 54.2 Å². The van der Waals surface area contributed by atoms with Crippen LogP contribution in [0.15, 0.2) is 72.8 Å². The topological polar surface area (TPSA) is 70.6 Å². The molecule has 1 aromatic heterocycles. The summed E-state index contributed by atoms with van der Waals surface area (Å²) in [5.74, 6) is 2.35. The van der Waals surface area contributed by atoms with E-state index in [9.17, 15) is 4.79 Å². The average molecular weight is 468 g/mol. The number of benzene rings is 3. The number of aromatic nitrogens is 2. The van der Waals surface area contributed by atoms with E-state index < -0.39 is 0 Å². The third-order valence-electron chi connectivity index (χ3n) is 6.30. The number of nitrogens with one attached hydrogen (secondary N) is 1. The van der Waals surface area contributed by atoms with Crippen molar-refractivity contribution in [2.45, 2.75) is 13.3 Å². The first-order valence-corrected chi connectivity index (χ1v) is 11.9. The number of hydrogen-bond acceptors (Lipinski definition) is 5. The Hall–Kier alpha value is -4.13. The van der Waals surface area contributed by atoms with E-state index in [4.69, 9.17) is 14.7 Å². The highest BCUT2D eigenvalue weighted by Gasteiger charge is 2.22. The molecular weight excluding hydrogens is 438 g/mol. The number of hydrogen-bond donors (Lipinski definition) is 1. The van der Waals surface area contributed by atoms with Gasteiger partial charge in [0.05, 0.1) is 12.6 Å². The smallest absolute Gasteiger partial charge is 0.321 e. The number of urea groups is 1. The lowest BCUT2D eigenvalue weighted by Crippen LogP contribution is -2.38. The Kier molecular flexibility index (Phi) is 6.48. The van der Waals surface area contributed by atoms with Crippen LogP contribution >= 0.6 is 0 Å². The fourth-order valence-corrected chi connectivity index (χ4v) is 4.37. The monoisotopic (exact) mass is 467 g/mol. The van der Waals surface area contributed by atoms with E-state index in [2.05, 4.69) is 47.5 Å². The zero-order valence-electron chi connectivity index (χ0n) is 20.1. The number of aryl methyl sites for hydroxylation is 1. The molecule has 0 radical (unpaired) electrons. The lowest BCUT2D eigenvalue weighted by Gasteiger charge is -2.24. The van der Waals surface area contributed by atoms with Gasteiger partial charge in [-0.05, 0) is 37.6 Å². The molecule has 0 saturated carbocycles. The molecule has 5 rings (SSSR count). The Bertz CT molecular complexity index is 1340. The number of ether oxygens (including phenoxy) is 1. The Morgan fingerprint density at radius 1 is 0.914 bits per heavy atom. The van der Waals surface area contributed by atoms with Crippen molar-refractivity contribution >= 4 is 28.4 Å². The molecule has 35 heavy (non-hydrogen) atoms. The summed E-state index contributed by atoms with van der Waals surface area (Å²) in [5, 5.41) is 4.02. The molecule has 1 fully saturated rings. The minimum atomic E-state index is -0.104. The summed E-state index contributed by atoms with van der Waals surface area (Å²) in [7, 11) is 1.62. The van der Waals surface area contributed by atoms with E-state index in [0.717, 1.165) is 46.8 Å². The van der Waals surface area contributed by atoms with Gasteiger partial charge in [0.1, 0.15) is 11.6 Å². The number of nitrogens with zero attached hydrogens (tertiary/aromatic N) is 4. The summed E-state index contributed by atoms with van der Waals surface area (Å²) in [6.45, 7) is 4.87. The second-order valence-corrected chi connectivity index (χ2v) is 8.74. The predicted octanol–water partition coefficient (Wildman–Crippen LogP) is 5.36. The minimum Gasteiger partial charge on any atom is -0.497 e. The van der Waals surface area contributed by atoms with Gasteiger partial charge in [-0.25, -0.2) is 14.8 Å². The van der Waals surface area contributed by atoms with Crippen molar-refractivity contribution in [1.82, 2.24) is 14.9 Å². The zero-order valence-corrected chi connectivity index (χ0v) is 20.1. The molecule has 2 heterocycles. The maximum absolute atomic E-state index is 13.0. The first kappa shape index (κ1) is 22.7. The van der Waals surface area contributed by atoms with E-state index in [0.29, 0.717) is 25.4 Å². The lowest BCUT2D eigenvalue weighted by molar-refractivity contribution is 0.215. The molecule has 0 bridgehead atoms. The van der Waals surface area contributed by atoms with Crippen molar-refractivity contribution in [2.75, 3.05) is 43.5 Å². The Morgan fingerprint density at radius 2 is 1.74 bits per heavy atom. The molecule has 0 unspecified atom stereocenters. The molecule has 0 spiro atoms. The molecule has 1 saturated heterocycles. The van der Waals surface area contributed by atoms with E-state index >= 15 is 0 Å². The zero-order chi connectivity index (χ0) is 24.2. The van der Waals surface area contributed by atoms with Crippen LogP contribution in [0.25, 0.3) is 22.3 Å². The van der Waals surface area contributed by atoms with Crippen LogP contribution in [0.3, 0.4) is 0 Å². The van der Waals surface area contributed by atoms with Gasteiger partial charge in [-0.1, -0.05) is 48.0 Å². The number of fused-ring (bicyclic) bond motifs is 1. The number of methoxy groups -OCH3 is 1. The lowest BCUT2D eigenvalue weighted by atomic mass is 10.1. The van der Waals surface area contributed by atoms with Gasteiger partial charge in [0.25, 0.3) is 0 Å². The van der Waals surface area contributed by atoms with Gasteiger partial charge in [0.2, 0.25) is 0 Å². The molecule has 0 atom stereocenters. The van der Waals surface area contributed by atoms with Gasteiger partial charge < -0.3 is 19.9 Å². The molecule has 0 aliphatic carbocycles. The first-order valence-electron chi connectivity index (χ1n) is 11.9. The normalized spacial score (nSPS) is 14.0. The largest absolute Gasteiger partial charge is 0.497 e. The van der Waals surface area contributed by atoms with Gasteiger partial charge in [0.15, 0.2) is 5.82 Å². The summed E-state index contributed by atoms with van der Waals surface area (Å²) in [5.41, 5.74) is 3.84. The van der Waals surface area contributed by atoms with Gasteiger partial charge in [-0.3, -0.25) is 0 Å². The molecular formula is C28H29N5O2. The van der Waals surface area contributed by atoms with Crippen LogP contribution in [0.1, 0.15) is 12.0 Å². The molecule has 1 aliphatic rings.